The topological polar surface area (TPSA) is 61.8 Å². The maximum atomic E-state index is 8.73. The monoisotopic (exact) mass is 259 g/mol. The summed E-state index contributed by atoms with van der Waals surface area (Å²) in [7, 11) is 0. The molecule has 4 nitrogen and oxygen atoms in total. The van der Waals surface area contributed by atoms with Gasteiger partial charge in [0.2, 0.25) is 0 Å². The van der Waals surface area contributed by atoms with E-state index in [1.54, 1.807) is 0 Å². The Morgan fingerprint density at radius 3 is 2.88 bits per heavy atom. The third-order valence-electron chi connectivity index (χ3n) is 3.53. The minimum atomic E-state index is -0.221. The van der Waals surface area contributed by atoms with E-state index in [0.717, 1.165) is 24.8 Å². The van der Waals surface area contributed by atoms with Crippen molar-refractivity contribution in [3.8, 4) is 0 Å². The van der Waals surface area contributed by atoms with Crippen LogP contribution in [0.25, 0.3) is 0 Å². The van der Waals surface area contributed by atoms with Gasteiger partial charge in [0, 0.05) is 29.5 Å². The van der Waals surface area contributed by atoms with Crippen LogP contribution in [0.2, 0.25) is 0 Å². The van der Waals surface area contributed by atoms with Crippen LogP contribution in [0.4, 0.5) is 0 Å². The molecule has 0 radical (unpaired) electrons. The van der Waals surface area contributed by atoms with Crippen molar-refractivity contribution in [2.75, 3.05) is 25.4 Å². The van der Waals surface area contributed by atoms with E-state index in [9.17, 15) is 0 Å². The van der Waals surface area contributed by atoms with Gasteiger partial charge in [0.05, 0.1) is 0 Å². The van der Waals surface area contributed by atoms with Crippen molar-refractivity contribution in [2.45, 2.75) is 38.9 Å². The predicted molar refractivity (Wildman–Crippen MR) is 74.8 cm³/mol. The number of hydrogen-bond acceptors (Lipinski definition) is 4. The first-order valence-electron chi connectivity index (χ1n) is 6.31. The summed E-state index contributed by atoms with van der Waals surface area (Å²) in [5.41, 5.74) is 5.48. The second kappa shape index (κ2) is 6.50. The number of nitrogens with zero attached hydrogens (tertiary/aromatic N) is 2. The SMILES string of the molecule is CCC1CN(CCC(C)(C)C(N)=NO)CCS1. The number of oxime groups is 1. The first-order chi connectivity index (χ1) is 7.99. The fourth-order valence-corrected chi connectivity index (χ4v) is 3.18. The van der Waals surface area contributed by atoms with Gasteiger partial charge in [0.1, 0.15) is 5.84 Å². The third-order valence-corrected chi connectivity index (χ3v) is 4.90. The summed E-state index contributed by atoms with van der Waals surface area (Å²) >= 11 is 2.08. The Morgan fingerprint density at radius 1 is 1.59 bits per heavy atom. The minimum absolute atomic E-state index is 0.221. The highest BCUT2D eigenvalue weighted by Crippen LogP contribution is 2.24. The molecule has 0 aromatic carbocycles. The van der Waals surface area contributed by atoms with Gasteiger partial charge >= 0.3 is 0 Å². The predicted octanol–water partition coefficient (Wildman–Crippen LogP) is 1.98. The zero-order valence-electron chi connectivity index (χ0n) is 11.1. The Balaban J connectivity index is 2.40. The fraction of sp³-hybridized carbons (Fsp3) is 0.917. The normalized spacial score (nSPS) is 23.9. The Kier molecular flexibility index (Phi) is 5.59. The van der Waals surface area contributed by atoms with Crippen molar-refractivity contribution < 1.29 is 5.21 Å². The van der Waals surface area contributed by atoms with Gasteiger partial charge in [-0.05, 0) is 19.4 Å². The summed E-state index contributed by atoms with van der Waals surface area (Å²) in [4.78, 5) is 2.50. The maximum absolute atomic E-state index is 8.73. The van der Waals surface area contributed by atoms with Crippen LogP contribution < -0.4 is 5.73 Å². The Morgan fingerprint density at radius 2 is 2.29 bits per heavy atom. The van der Waals surface area contributed by atoms with E-state index in [0.29, 0.717) is 5.84 Å². The van der Waals surface area contributed by atoms with Gasteiger partial charge in [-0.15, -0.1) is 0 Å². The van der Waals surface area contributed by atoms with Crippen LogP contribution in [0.15, 0.2) is 5.16 Å². The molecule has 1 saturated heterocycles. The van der Waals surface area contributed by atoms with Crippen LogP contribution in [0.3, 0.4) is 0 Å². The molecule has 5 heteroatoms. The number of hydrogen-bond donors (Lipinski definition) is 2. The van der Waals surface area contributed by atoms with E-state index >= 15 is 0 Å². The summed E-state index contributed by atoms with van der Waals surface area (Å²) in [6.45, 7) is 9.67. The zero-order valence-corrected chi connectivity index (χ0v) is 12.0. The van der Waals surface area contributed by atoms with Crippen LogP contribution in [0, 0.1) is 5.41 Å². The molecule has 1 aliphatic rings. The summed E-state index contributed by atoms with van der Waals surface area (Å²) < 4.78 is 0. The lowest BCUT2D eigenvalue weighted by molar-refractivity contribution is 0.246. The van der Waals surface area contributed by atoms with Crippen LogP contribution in [0.5, 0.6) is 0 Å². The number of amidine groups is 1. The van der Waals surface area contributed by atoms with Crippen molar-refractivity contribution in [1.82, 2.24) is 4.90 Å². The zero-order chi connectivity index (χ0) is 12.9. The molecule has 0 saturated carbocycles. The molecule has 0 amide bonds. The van der Waals surface area contributed by atoms with E-state index in [-0.39, 0.29) is 5.41 Å². The van der Waals surface area contributed by atoms with Crippen LogP contribution in [-0.2, 0) is 0 Å². The molecule has 1 atom stereocenters. The van der Waals surface area contributed by atoms with Crippen LogP contribution in [0.1, 0.15) is 33.6 Å². The lowest BCUT2D eigenvalue weighted by Crippen LogP contribution is -2.41. The quantitative estimate of drug-likeness (QED) is 0.343. The van der Waals surface area contributed by atoms with Crippen molar-refractivity contribution in [3.05, 3.63) is 0 Å². The van der Waals surface area contributed by atoms with Crippen molar-refractivity contribution in [2.24, 2.45) is 16.3 Å². The largest absolute Gasteiger partial charge is 0.409 e. The fourth-order valence-electron chi connectivity index (χ4n) is 1.93. The van der Waals surface area contributed by atoms with Gasteiger partial charge < -0.3 is 15.8 Å². The van der Waals surface area contributed by atoms with Gasteiger partial charge in [0.15, 0.2) is 0 Å². The average Bonchev–Trinajstić information content (AvgIpc) is 2.35. The minimum Gasteiger partial charge on any atom is -0.409 e. The van der Waals surface area contributed by atoms with E-state index in [1.807, 2.05) is 13.8 Å². The molecule has 1 heterocycles. The molecule has 0 aliphatic carbocycles. The van der Waals surface area contributed by atoms with E-state index in [2.05, 4.69) is 28.7 Å². The highest BCUT2D eigenvalue weighted by molar-refractivity contribution is 8.00. The molecule has 0 bridgehead atoms. The van der Waals surface area contributed by atoms with Gasteiger partial charge in [-0.2, -0.15) is 11.8 Å². The molecular formula is C12H25N3OS. The van der Waals surface area contributed by atoms with Crippen LogP contribution in [-0.4, -0.2) is 46.6 Å². The first-order valence-corrected chi connectivity index (χ1v) is 7.36. The summed E-state index contributed by atoms with van der Waals surface area (Å²) in [6, 6.07) is 0. The summed E-state index contributed by atoms with van der Waals surface area (Å²) in [5, 5.41) is 12.6. The number of rotatable bonds is 5. The van der Waals surface area contributed by atoms with E-state index < -0.39 is 0 Å². The molecule has 3 N–H and O–H groups in total. The maximum Gasteiger partial charge on any atom is 0.144 e. The molecule has 17 heavy (non-hydrogen) atoms. The molecule has 100 valence electrons. The van der Waals surface area contributed by atoms with Gasteiger partial charge in [-0.25, -0.2) is 0 Å². The Hall–Kier alpha value is -0.420. The van der Waals surface area contributed by atoms with Gasteiger partial charge in [-0.1, -0.05) is 25.9 Å². The molecule has 1 aliphatic heterocycles. The number of thioether (sulfide) groups is 1. The lowest BCUT2D eigenvalue weighted by Gasteiger charge is -2.34. The molecule has 1 fully saturated rings. The van der Waals surface area contributed by atoms with Crippen molar-refractivity contribution in [1.29, 1.82) is 0 Å². The second-order valence-electron chi connectivity index (χ2n) is 5.32. The van der Waals surface area contributed by atoms with Crippen LogP contribution >= 0.6 is 11.8 Å². The lowest BCUT2D eigenvalue weighted by atomic mass is 9.88. The molecule has 0 spiro atoms. The molecule has 1 rings (SSSR count). The third kappa shape index (κ3) is 4.39. The van der Waals surface area contributed by atoms with Gasteiger partial charge in [-0.3, -0.25) is 0 Å². The Labute approximate surface area is 109 Å². The van der Waals surface area contributed by atoms with E-state index in [1.165, 1.54) is 18.7 Å². The average molecular weight is 259 g/mol. The Bertz CT molecular complexity index is 268. The second-order valence-corrected chi connectivity index (χ2v) is 6.73. The highest BCUT2D eigenvalue weighted by Gasteiger charge is 2.26. The van der Waals surface area contributed by atoms with Gasteiger partial charge in [0.25, 0.3) is 0 Å². The van der Waals surface area contributed by atoms with Crippen molar-refractivity contribution in [3.63, 3.8) is 0 Å². The molecular weight excluding hydrogens is 234 g/mol. The summed E-state index contributed by atoms with van der Waals surface area (Å²) in [5.74, 6) is 1.55. The van der Waals surface area contributed by atoms with E-state index in [4.69, 9.17) is 10.9 Å². The first kappa shape index (κ1) is 14.6. The summed E-state index contributed by atoms with van der Waals surface area (Å²) in [6.07, 6.45) is 2.18. The molecule has 0 aromatic heterocycles. The highest BCUT2D eigenvalue weighted by atomic mass is 32.2. The standard InChI is InChI=1S/C12H25N3OS/c1-4-10-9-15(7-8-17-10)6-5-12(2,3)11(13)14-16/h10,16H,4-9H2,1-3H3,(H2,13,14). The smallest absolute Gasteiger partial charge is 0.144 e. The number of nitrogens with two attached hydrogens (primary N) is 1. The molecule has 0 aromatic rings. The molecule has 1 unspecified atom stereocenters. The van der Waals surface area contributed by atoms with Crippen molar-refractivity contribution >= 4 is 17.6 Å².